The van der Waals surface area contributed by atoms with Gasteiger partial charge in [0.15, 0.2) is 0 Å². The second kappa shape index (κ2) is 14.3. The molecule has 0 fully saturated rings. The van der Waals surface area contributed by atoms with E-state index < -0.39 is 5.41 Å². The highest BCUT2D eigenvalue weighted by Crippen LogP contribution is 2.63. The van der Waals surface area contributed by atoms with Crippen LogP contribution in [0, 0.1) is 0 Å². The van der Waals surface area contributed by atoms with Crippen LogP contribution in [-0.4, -0.2) is 19.9 Å². The molecule has 13 rings (SSSR count). The molecule has 5 heterocycles. The van der Waals surface area contributed by atoms with Gasteiger partial charge in [0.05, 0.1) is 39.4 Å². The van der Waals surface area contributed by atoms with Gasteiger partial charge < -0.3 is 4.74 Å². The smallest absolute Gasteiger partial charge is 0.132 e. The van der Waals surface area contributed by atoms with Crippen molar-refractivity contribution in [2.45, 2.75) is 5.41 Å². The third-order valence-electron chi connectivity index (χ3n) is 13.0. The molecule has 0 atom stereocenters. The van der Waals surface area contributed by atoms with E-state index in [4.69, 9.17) is 14.7 Å². The van der Waals surface area contributed by atoms with Crippen molar-refractivity contribution in [2.75, 3.05) is 0 Å². The fourth-order valence-corrected chi connectivity index (χ4v) is 10.2. The van der Waals surface area contributed by atoms with E-state index in [-0.39, 0.29) is 0 Å². The number of nitrogens with zero attached hydrogens (tertiary/aromatic N) is 4. The van der Waals surface area contributed by atoms with E-state index in [0.717, 1.165) is 95.2 Å². The minimum atomic E-state index is -0.623. The van der Waals surface area contributed by atoms with Gasteiger partial charge in [-0.2, -0.15) is 0 Å². The summed E-state index contributed by atoms with van der Waals surface area (Å²) in [6.07, 6.45) is 3.61. The van der Waals surface area contributed by atoms with Crippen molar-refractivity contribution in [3.8, 4) is 78.9 Å². The summed E-state index contributed by atoms with van der Waals surface area (Å²) >= 11 is 0. The van der Waals surface area contributed by atoms with Gasteiger partial charge in [-0.3, -0.25) is 9.97 Å². The molecular weight excluding hydrogens is 781 g/mol. The van der Waals surface area contributed by atoms with Gasteiger partial charge in [-0.1, -0.05) is 133 Å². The summed E-state index contributed by atoms with van der Waals surface area (Å²) in [4.78, 5) is 19.6. The highest BCUT2D eigenvalue weighted by atomic mass is 16.5. The Kier molecular flexibility index (Phi) is 8.06. The van der Waals surface area contributed by atoms with Crippen LogP contribution in [0.3, 0.4) is 0 Å². The van der Waals surface area contributed by atoms with Gasteiger partial charge in [0.25, 0.3) is 0 Å². The molecule has 1 aliphatic heterocycles. The van der Waals surface area contributed by atoms with Crippen LogP contribution >= 0.6 is 0 Å². The zero-order chi connectivity index (χ0) is 42.2. The van der Waals surface area contributed by atoms with E-state index in [1.165, 1.54) is 27.6 Å². The molecule has 0 bridgehead atoms. The normalized spacial score (nSPS) is 12.9. The molecular formula is C59H36N4O. The average molecular weight is 817 g/mol. The van der Waals surface area contributed by atoms with Gasteiger partial charge >= 0.3 is 0 Å². The first-order chi connectivity index (χ1) is 31.7. The van der Waals surface area contributed by atoms with Crippen LogP contribution < -0.4 is 4.74 Å². The number of rotatable bonds is 5. The molecule has 0 N–H and O–H groups in total. The molecule has 1 spiro atoms. The summed E-state index contributed by atoms with van der Waals surface area (Å²) < 4.78 is 6.71. The second-order valence-electron chi connectivity index (χ2n) is 16.5. The molecule has 0 saturated carbocycles. The number of aromatic nitrogens is 4. The first-order valence-corrected chi connectivity index (χ1v) is 21.6. The molecule has 11 aromatic rings. The largest absolute Gasteiger partial charge is 0.457 e. The number of pyridine rings is 4. The number of fused-ring (bicyclic) bond motifs is 12. The summed E-state index contributed by atoms with van der Waals surface area (Å²) in [6.45, 7) is 0. The minimum absolute atomic E-state index is 0.623. The van der Waals surface area contributed by atoms with Gasteiger partial charge in [0.2, 0.25) is 0 Å². The molecule has 1 aliphatic carbocycles. The lowest BCUT2D eigenvalue weighted by Crippen LogP contribution is -2.32. The predicted molar refractivity (Wildman–Crippen MR) is 257 cm³/mol. The fraction of sp³-hybridized carbons (Fsp3) is 0.0169. The Bertz CT molecular complexity index is 3520. The van der Waals surface area contributed by atoms with Crippen molar-refractivity contribution < 1.29 is 4.74 Å². The van der Waals surface area contributed by atoms with E-state index in [1.807, 2.05) is 36.4 Å². The highest BCUT2D eigenvalue weighted by Gasteiger charge is 2.51. The zero-order valence-electron chi connectivity index (χ0n) is 34.5. The Hall–Kier alpha value is -8.54. The lowest BCUT2D eigenvalue weighted by atomic mass is 9.66. The van der Waals surface area contributed by atoms with Gasteiger partial charge in [-0.25, -0.2) is 9.97 Å². The van der Waals surface area contributed by atoms with Crippen molar-refractivity contribution in [3.05, 3.63) is 241 Å². The SMILES string of the molecule is c1ccc(-c2nc3ccccc3c3cc4c(cc23)-c2cc(-c3ccc(-c5cc(-c6ccccn6)nc(-c6ccccn6)c5)cc3)ccc2C42c3ccccc3Oc3ccccc32)cc1. The maximum atomic E-state index is 6.71. The molecule has 0 radical (unpaired) electrons. The Balaban J connectivity index is 1.02. The molecule has 64 heavy (non-hydrogen) atoms. The Morgan fingerprint density at radius 3 is 1.58 bits per heavy atom. The first kappa shape index (κ1) is 36.1. The third-order valence-corrected chi connectivity index (χ3v) is 13.0. The van der Waals surface area contributed by atoms with Crippen LogP contribution in [0.15, 0.2) is 219 Å². The van der Waals surface area contributed by atoms with Crippen molar-refractivity contribution in [1.82, 2.24) is 19.9 Å². The number of hydrogen-bond donors (Lipinski definition) is 0. The summed E-state index contributed by atoms with van der Waals surface area (Å²) in [5.41, 5.74) is 17.2. The number of ether oxygens (including phenoxy) is 1. The molecule has 2 aliphatic rings. The Morgan fingerprint density at radius 2 is 0.906 bits per heavy atom. The molecule has 5 heteroatoms. The van der Waals surface area contributed by atoms with E-state index >= 15 is 0 Å². The van der Waals surface area contributed by atoms with Crippen LogP contribution in [0.25, 0.3) is 89.1 Å². The molecule has 5 nitrogen and oxygen atoms in total. The van der Waals surface area contributed by atoms with Gasteiger partial charge in [-0.15, -0.1) is 0 Å². The summed E-state index contributed by atoms with van der Waals surface area (Å²) in [5.74, 6) is 1.75. The highest BCUT2D eigenvalue weighted by molar-refractivity contribution is 6.13. The molecule has 0 amide bonds. The van der Waals surface area contributed by atoms with E-state index in [9.17, 15) is 0 Å². The van der Waals surface area contributed by atoms with Crippen LogP contribution in [-0.2, 0) is 5.41 Å². The summed E-state index contributed by atoms with van der Waals surface area (Å²) in [5, 5.41) is 3.44. The van der Waals surface area contributed by atoms with E-state index in [1.54, 1.807) is 12.4 Å². The van der Waals surface area contributed by atoms with Gasteiger partial charge in [0, 0.05) is 39.9 Å². The Morgan fingerprint density at radius 1 is 0.328 bits per heavy atom. The third kappa shape index (κ3) is 5.51. The van der Waals surface area contributed by atoms with Crippen molar-refractivity contribution in [1.29, 1.82) is 0 Å². The second-order valence-corrected chi connectivity index (χ2v) is 16.5. The predicted octanol–water partition coefficient (Wildman–Crippen LogP) is 14.4. The van der Waals surface area contributed by atoms with Crippen LogP contribution in [0.4, 0.5) is 0 Å². The topological polar surface area (TPSA) is 60.8 Å². The monoisotopic (exact) mass is 816 g/mol. The van der Waals surface area contributed by atoms with Crippen LogP contribution in [0.2, 0.25) is 0 Å². The maximum Gasteiger partial charge on any atom is 0.132 e. The van der Waals surface area contributed by atoms with E-state index in [2.05, 4.69) is 180 Å². The molecule has 4 aromatic heterocycles. The van der Waals surface area contributed by atoms with E-state index in [0.29, 0.717) is 0 Å². The zero-order valence-corrected chi connectivity index (χ0v) is 34.5. The Labute approximate surface area is 370 Å². The van der Waals surface area contributed by atoms with Gasteiger partial charge in [-0.05, 0) is 123 Å². The van der Waals surface area contributed by atoms with Gasteiger partial charge in [0.1, 0.15) is 11.5 Å². The molecule has 298 valence electrons. The standard InChI is InChI=1S/C59H36N4O/c1-2-14-39(15-3-1)58-46-35-45-44-32-40(37-24-26-38(27-25-37)41-33-54(52-20-10-12-30-60-52)62-55(34-41)53-21-11-13-31-61-53)28-29-47(44)59(50(45)36-43(46)42-16-4-7-19-51(42)63-58)48-17-5-8-22-56(48)64-57-23-9-6-18-49(57)59/h1-36H. The first-order valence-electron chi connectivity index (χ1n) is 21.6. The lowest BCUT2D eigenvalue weighted by Gasteiger charge is -2.39. The molecule has 7 aromatic carbocycles. The van der Waals surface area contributed by atoms with Crippen molar-refractivity contribution >= 4 is 21.7 Å². The average Bonchev–Trinajstić information content (AvgIpc) is 3.65. The maximum absolute atomic E-state index is 6.71. The quantitative estimate of drug-likeness (QED) is 0.162. The minimum Gasteiger partial charge on any atom is -0.457 e. The summed E-state index contributed by atoms with van der Waals surface area (Å²) in [7, 11) is 0. The fourth-order valence-electron chi connectivity index (χ4n) is 10.2. The lowest BCUT2D eigenvalue weighted by molar-refractivity contribution is 0.436. The molecule has 0 saturated heterocycles. The summed E-state index contributed by atoms with van der Waals surface area (Å²) in [6, 6.07) is 73.1. The molecule has 0 unspecified atom stereocenters. The number of benzene rings is 7. The van der Waals surface area contributed by atoms with Crippen LogP contribution in [0.5, 0.6) is 11.5 Å². The van der Waals surface area contributed by atoms with Crippen molar-refractivity contribution in [2.24, 2.45) is 0 Å². The number of hydrogen-bond acceptors (Lipinski definition) is 5. The van der Waals surface area contributed by atoms with Crippen LogP contribution in [0.1, 0.15) is 22.3 Å². The van der Waals surface area contributed by atoms with Crippen molar-refractivity contribution in [3.63, 3.8) is 0 Å². The number of para-hydroxylation sites is 3.